The molecule has 0 N–H and O–H groups in total. The summed E-state index contributed by atoms with van der Waals surface area (Å²) in [4.78, 5) is 20.9. The van der Waals surface area contributed by atoms with Crippen molar-refractivity contribution in [2.75, 3.05) is 19.6 Å². The van der Waals surface area contributed by atoms with E-state index in [0.717, 1.165) is 56.6 Å². The minimum atomic E-state index is -0.356. The number of pyridine rings is 1. The molecule has 4 rings (SSSR count). The fourth-order valence-electron chi connectivity index (χ4n) is 4.44. The Kier molecular flexibility index (Phi) is 5.65. The van der Waals surface area contributed by atoms with E-state index in [4.69, 9.17) is 11.6 Å². The van der Waals surface area contributed by atoms with Crippen LogP contribution in [-0.2, 0) is 17.9 Å². The van der Waals surface area contributed by atoms with Crippen LogP contribution in [0.4, 0.5) is 4.39 Å². The summed E-state index contributed by atoms with van der Waals surface area (Å²) in [5.74, 6) is -0.105. The van der Waals surface area contributed by atoms with Gasteiger partial charge in [-0.05, 0) is 73.2 Å². The molecule has 0 unspecified atom stereocenters. The number of rotatable bonds is 4. The summed E-state index contributed by atoms with van der Waals surface area (Å²) in [7, 11) is 0. The molecule has 0 atom stereocenters. The average molecular weight is 402 g/mol. The van der Waals surface area contributed by atoms with Crippen molar-refractivity contribution in [1.29, 1.82) is 0 Å². The van der Waals surface area contributed by atoms with Gasteiger partial charge in [0.25, 0.3) is 0 Å². The van der Waals surface area contributed by atoms with E-state index in [1.165, 1.54) is 6.07 Å². The molecule has 6 heteroatoms. The Labute approximate surface area is 170 Å². The van der Waals surface area contributed by atoms with Crippen LogP contribution >= 0.6 is 11.6 Å². The Hall–Kier alpha value is -1.98. The second-order valence-electron chi connectivity index (χ2n) is 8.13. The smallest absolute Gasteiger partial charge is 0.222 e. The molecule has 0 aliphatic carbocycles. The Balaban J connectivity index is 1.36. The minimum Gasteiger partial charge on any atom is -0.338 e. The number of likely N-dealkylation sites (tertiary alicyclic amines) is 2. The van der Waals surface area contributed by atoms with Gasteiger partial charge in [0.05, 0.1) is 5.02 Å². The fourth-order valence-corrected chi connectivity index (χ4v) is 4.56. The van der Waals surface area contributed by atoms with Crippen molar-refractivity contribution < 1.29 is 9.18 Å². The quantitative estimate of drug-likeness (QED) is 0.767. The van der Waals surface area contributed by atoms with E-state index in [1.54, 1.807) is 18.5 Å². The van der Waals surface area contributed by atoms with Gasteiger partial charge in [0.2, 0.25) is 5.91 Å². The summed E-state index contributed by atoms with van der Waals surface area (Å²) in [5.41, 5.74) is 2.29. The maximum Gasteiger partial charge on any atom is 0.222 e. The zero-order valence-corrected chi connectivity index (χ0v) is 16.7. The molecule has 28 heavy (non-hydrogen) atoms. The van der Waals surface area contributed by atoms with Crippen LogP contribution in [0.25, 0.3) is 0 Å². The number of aromatic nitrogens is 1. The third-order valence-corrected chi connectivity index (χ3v) is 6.48. The molecule has 1 aromatic carbocycles. The third-order valence-electron chi connectivity index (χ3n) is 6.18. The topological polar surface area (TPSA) is 36.4 Å². The van der Waals surface area contributed by atoms with Gasteiger partial charge in [-0.2, -0.15) is 0 Å². The van der Waals surface area contributed by atoms with Gasteiger partial charge in [-0.15, -0.1) is 0 Å². The summed E-state index contributed by atoms with van der Waals surface area (Å²) in [6.45, 7) is 4.18. The van der Waals surface area contributed by atoms with Crippen LogP contribution in [0.1, 0.15) is 36.8 Å². The molecule has 0 saturated carbocycles. The molecular formula is C22H25ClFN3O. The van der Waals surface area contributed by atoms with Crippen LogP contribution in [0.3, 0.4) is 0 Å². The number of carbonyl (C=O) groups excluding carboxylic acids is 1. The van der Waals surface area contributed by atoms with E-state index in [-0.39, 0.29) is 22.2 Å². The van der Waals surface area contributed by atoms with E-state index in [0.29, 0.717) is 13.0 Å². The normalized spacial score (nSPS) is 19.9. The molecule has 1 amide bonds. The van der Waals surface area contributed by atoms with Crippen LogP contribution in [-0.4, -0.2) is 40.3 Å². The van der Waals surface area contributed by atoms with E-state index in [9.17, 15) is 9.18 Å². The van der Waals surface area contributed by atoms with Crippen molar-refractivity contribution in [2.45, 2.75) is 38.8 Å². The summed E-state index contributed by atoms with van der Waals surface area (Å²) < 4.78 is 13.7. The van der Waals surface area contributed by atoms with Crippen molar-refractivity contribution >= 4 is 17.5 Å². The molecular weight excluding hydrogens is 377 g/mol. The minimum absolute atomic E-state index is 0.169. The molecule has 2 aromatic rings. The van der Waals surface area contributed by atoms with Crippen molar-refractivity contribution in [2.24, 2.45) is 5.41 Å². The Bertz CT molecular complexity index is 837. The molecule has 2 aliphatic rings. The first-order valence-corrected chi connectivity index (χ1v) is 10.2. The molecule has 4 nitrogen and oxygen atoms in total. The summed E-state index contributed by atoms with van der Waals surface area (Å²) in [6, 6.07) is 9.00. The second kappa shape index (κ2) is 8.18. The number of amides is 1. The van der Waals surface area contributed by atoms with Crippen LogP contribution in [0, 0.1) is 11.2 Å². The molecule has 3 heterocycles. The Morgan fingerprint density at radius 3 is 2.50 bits per heavy atom. The molecule has 0 bridgehead atoms. The van der Waals surface area contributed by atoms with Crippen LogP contribution < -0.4 is 0 Å². The lowest BCUT2D eigenvalue weighted by Gasteiger charge is -2.47. The largest absolute Gasteiger partial charge is 0.338 e. The number of benzene rings is 1. The van der Waals surface area contributed by atoms with Crippen LogP contribution in [0.5, 0.6) is 0 Å². The van der Waals surface area contributed by atoms with Crippen LogP contribution in [0.2, 0.25) is 5.02 Å². The van der Waals surface area contributed by atoms with Crippen molar-refractivity contribution in [3.8, 4) is 0 Å². The van der Waals surface area contributed by atoms with Gasteiger partial charge >= 0.3 is 0 Å². The van der Waals surface area contributed by atoms with Crippen molar-refractivity contribution in [3.05, 3.63) is 64.7 Å². The molecule has 2 fully saturated rings. The Morgan fingerprint density at radius 1 is 1.04 bits per heavy atom. The standard InChI is InChI=1S/C22H25ClFN3O/c23-19-2-1-18(13-20(19)24)14-26-11-7-22(8-12-26)6-3-21(28)27(16-22)15-17-4-9-25-10-5-17/h1-2,4-5,9-10,13H,3,6-8,11-12,14-16H2. The maximum atomic E-state index is 13.7. The summed E-state index contributed by atoms with van der Waals surface area (Å²) >= 11 is 5.78. The number of hydrogen-bond donors (Lipinski definition) is 0. The fraction of sp³-hybridized carbons (Fsp3) is 0.455. The van der Waals surface area contributed by atoms with E-state index >= 15 is 0 Å². The highest BCUT2D eigenvalue weighted by Gasteiger charge is 2.40. The first-order chi connectivity index (χ1) is 13.5. The zero-order valence-electron chi connectivity index (χ0n) is 15.9. The van der Waals surface area contributed by atoms with Crippen molar-refractivity contribution in [3.63, 3.8) is 0 Å². The van der Waals surface area contributed by atoms with Gasteiger partial charge in [-0.1, -0.05) is 17.7 Å². The molecule has 1 aromatic heterocycles. The van der Waals surface area contributed by atoms with Gasteiger partial charge in [0.1, 0.15) is 5.82 Å². The van der Waals surface area contributed by atoms with Gasteiger partial charge in [0, 0.05) is 38.4 Å². The van der Waals surface area contributed by atoms with Gasteiger partial charge in [-0.25, -0.2) is 4.39 Å². The maximum absolute atomic E-state index is 13.7. The first kappa shape index (κ1) is 19.3. The highest BCUT2D eigenvalue weighted by atomic mass is 35.5. The number of nitrogens with zero attached hydrogens (tertiary/aromatic N) is 3. The Morgan fingerprint density at radius 2 is 1.79 bits per heavy atom. The van der Waals surface area contributed by atoms with Gasteiger partial charge in [0.15, 0.2) is 0 Å². The van der Waals surface area contributed by atoms with Gasteiger partial charge < -0.3 is 4.90 Å². The zero-order chi connectivity index (χ0) is 19.6. The lowest BCUT2D eigenvalue weighted by atomic mass is 9.72. The second-order valence-corrected chi connectivity index (χ2v) is 8.54. The first-order valence-electron chi connectivity index (χ1n) is 9.86. The highest BCUT2D eigenvalue weighted by molar-refractivity contribution is 6.30. The average Bonchev–Trinajstić information content (AvgIpc) is 2.70. The summed E-state index contributed by atoms with van der Waals surface area (Å²) in [5, 5.41) is 0.169. The number of halogens is 2. The van der Waals surface area contributed by atoms with Gasteiger partial charge in [-0.3, -0.25) is 14.7 Å². The molecule has 148 valence electrons. The number of carbonyl (C=O) groups is 1. The molecule has 0 radical (unpaired) electrons. The summed E-state index contributed by atoms with van der Waals surface area (Å²) in [6.07, 6.45) is 7.30. The predicted molar refractivity (Wildman–Crippen MR) is 107 cm³/mol. The molecule has 1 spiro atoms. The van der Waals surface area contributed by atoms with E-state index in [2.05, 4.69) is 9.88 Å². The highest BCUT2D eigenvalue weighted by Crippen LogP contribution is 2.41. The SMILES string of the molecule is O=C1CCC2(CCN(Cc3ccc(Cl)c(F)c3)CC2)CN1Cc1ccncc1. The lowest BCUT2D eigenvalue weighted by Crippen LogP contribution is -2.51. The van der Waals surface area contributed by atoms with Crippen molar-refractivity contribution in [1.82, 2.24) is 14.8 Å². The molecule has 2 aliphatic heterocycles. The van der Waals surface area contributed by atoms with E-state index in [1.807, 2.05) is 23.1 Å². The third kappa shape index (κ3) is 4.36. The van der Waals surface area contributed by atoms with E-state index < -0.39 is 0 Å². The monoisotopic (exact) mass is 401 g/mol. The lowest BCUT2D eigenvalue weighted by molar-refractivity contribution is -0.140. The number of hydrogen-bond acceptors (Lipinski definition) is 3. The predicted octanol–water partition coefficient (Wildman–Crippen LogP) is 4.28. The molecule has 2 saturated heterocycles. The van der Waals surface area contributed by atoms with Crippen LogP contribution in [0.15, 0.2) is 42.7 Å². The number of piperidine rings is 2.